The van der Waals surface area contributed by atoms with Crippen LogP contribution in [0.1, 0.15) is 35.3 Å². The third-order valence-corrected chi connectivity index (χ3v) is 4.64. The number of benzene rings is 2. The van der Waals surface area contributed by atoms with Crippen molar-refractivity contribution in [1.82, 2.24) is 0 Å². The Balaban J connectivity index is 1.98. The van der Waals surface area contributed by atoms with Crippen LogP contribution in [0.5, 0.6) is 5.75 Å². The van der Waals surface area contributed by atoms with Crippen molar-refractivity contribution in [2.45, 2.75) is 19.3 Å². The van der Waals surface area contributed by atoms with Gasteiger partial charge in [-0.25, -0.2) is 0 Å². The second kappa shape index (κ2) is 6.52. The molecule has 1 atom stereocenters. The van der Waals surface area contributed by atoms with Gasteiger partial charge in [-0.3, -0.25) is 9.59 Å². The molecule has 25 heavy (non-hydrogen) atoms. The number of hydrogen-bond acceptors (Lipinski definition) is 3. The van der Waals surface area contributed by atoms with Gasteiger partial charge in [0.05, 0.1) is 12.5 Å². The molecule has 1 aliphatic carbocycles. The lowest BCUT2D eigenvalue weighted by molar-refractivity contribution is -0.118. The number of methoxy groups -OCH3 is 1. The number of carbonyl (C=O) groups excluding carboxylic acids is 2. The molecule has 0 heterocycles. The first-order valence-electron chi connectivity index (χ1n) is 8.16. The Bertz CT molecular complexity index is 905. The molecule has 126 valence electrons. The highest BCUT2D eigenvalue weighted by molar-refractivity contribution is 6.11. The van der Waals surface area contributed by atoms with Crippen molar-refractivity contribution in [2.24, 2.45) is 0 Å². The van der Waals surface area contributed by atoms with Crippen LogP contribution in [-0.2, 0) is 10.2 Å². The SMILES string of the molecule is COc1cccc(C(=O)/C=C\[C@@]2(C)C(=O)C(C)=Cc3ccccc32)c1. The third kappa shape index (κ3) is 3.05. The van der Waals surface area contributed by atoms with Crippen LogP contribution in [-0.4, -0.2) is 18.7 Å². The molecule has 2 aromatic rings. The van der Waals surface area contributed by atoms with Gasteiger partial charge in [0.25, 0.3) is 0 Å². The smallest absolute Gasteiger partial charge is 0.185 e. The van der Waals surface area contributed by atoms with E-state index in [0.29, 0.717) is 16.9 Å². The number of rotatable bonds is 4. The summed E-state index contributed by atoms with van der Waals surface area (Å²) in [5.41, 5.74) is 2.31. The summed E-state index contributed by atoms with van der Waals surface area (Å²) in [5, 5.41) is 0. The van der Waals surface area contributed by atoms with E-state index < -0.39 is 5.41 Å². The maximum atomic E-state index is 12.8. The number of Topliss-reactive ketones (excluding diaryl/α,β-unsaturated/α-hetero) is 1. The number of allylic oxidation sites excluding steroid dienone is 3. The standard InChI is InChI=1S/C22H20O3/c1-15-13-16-7-4-5-10-19(16)22(2,21(15)24)12-11-20(23)17-8-6-9-18(14-17)25-3/h4-14H,1-3H3/b12-11-/t22-/m1/s1. The van der Waals surface area contributed by atoms with Crippen molar-refractivity contribution in [3.63, 3.8) is 0 Å². The van der Waals surface area contributed by atoms with Gasteiger partial charge in [-0.15, -0.1) is 0 Å². The fourth-order valence-corrected chi connectivity index (χ4v) is 3.21. The molecule has 3 nitrogen and oxygen atoms in total. The Hall–Kier alpha value is -2.94. The fraction of sp³-hybridized carbons (Fsp3) is 0.182. The Kier molecular flexibility index (Phi) is 4.41. The first-order valence-corrected chi connectivity index (χ1v) is 8.16. The highest BCUT2D eigenvalue weighted by atomic mass is 16.5. The molecule has 0 radical (unpaired) electrons. The first-order chi connectivity index (χ1) is 12.0. The zero-order valence-electron chi connectivity index (χ0n) is 14.6. The lowest BCUT2D eigenvalue weighted by Crippen LogP contribution is -2.34. The third-order valence-electron chi connectivity index (χ3n) is 4.64. The van der Waals surface area contributed by atoms with Crippen molar-refractivity contribution < 1.29 is 14.3 Å². The van der Waals surface area contributed by atoms with E-state index in [2.05, 4.69) is 0 Å². The summed E-state index contributed by atoms with van der Waals surface area (Å²) < 4.78 is 5.16. The van der Waals surface area contributed by atoms with Crippen LogP contribution < -0.4 is 4.74 Å². The monoisotopic (exact) mass is 332 g/mol. The van der Waals surface area contributed by atoms with Gasteiger partial charge in [-0.1, -0.05) is 42.5 Å². The van der Waals surface area contributed by atoms with Gasteiger partial charge in [0.1, 0.15) is 5.75 Å². The van der Waals surface area contributed by atoms with E-state index in [-0.39, 0.29) is 11.6 Å². The predicted octanol–water partition coefficient (Wildman–Crippen LogP) is 4.38. The van der Waals surface area contributed by atoms with Gasteiger partial charge in [-0.05, 0) is 54.8 Å². The Morgan fingerprint density at radius 1 is 1.12 bits per heavy atom. The Labute approximate surface area is 147 Å². The minimum Gasteiger partial charge on any atom is -0.497 e. The first kappa shape index (κ1) is 16.9. The molecule has 0 aromatic heterocycles. The zero-order chi connectivity index (χ0) is 18.0. The van der Waals surface area contributed by atoms with E-state index in [1.54, 1.807) is 37.5 Å². The van der Waals surface area contributed by atoms with Gasteiger partial charge in [0.15, 0.2) is 11.6 Å². The molecular formula is C22H20O3. The molecule has 3 rings (SSSR count). The maximum absolute atomic E-state index is 12.8. The maximum Gasteiger partial charge on any atom is 0.185 e. The quantitative estimate of drug-likeness (QED) is 0.616. The minimum atomic E-state index is -0.843. The average molecular weight is 332 g/mol. The summed E-state index contributed by atoms with van der Waals surface area (Å²) in [5.74, 6) is 0.488. The van der Waals surface area contributed by atoms with Gasteiger partial charge in [-0.2, -0.15) is 0 Å². The Morgan fingerprint density at radius 2 is 1.88 bits per heavy atom. The number of carbonyl (C=O) groups is 2. The minimum absolute atomic E-state index is 0.0147. The van der Waals surface area contributed by atoms with Gasteiger partial charge < -0.3 is 4.74 Å². The largest absolute Gasteiger partial charge is 0.497 e. The molecule has 0 fully saturated rings. The van der Waals surface area contributed by atoms with Crippen LogP contribution in [0.4, 0.5) is 0 Å². The van der Waals surface area contributed by atoms with Crippen molar-refractivity contribution in [1.29, 1.82) is 0 Å². The molecule has 0 amide bonds. The number of fused-ring (bicyclic) bond motifs is 1. The molecule has 0 N–H and O–H groups in total. The normalized spacial score (nSPS) is 19.5. The van der Waals surface area contributed by atoms with Crippen LogP contribution in [0.3, 0.4) is 0 Å². The fourth-order valence-electron chi connectivity index (χ4n) is 3.21. The average Bonchev–Trinajstić information content (AvgIpc) is 2.64. The van der Waals surface area contributed by atoms with E-state index in [0.717, 1.165) is 11.1 Å². The molecule has 2 aromatic carbocycles. The predicted molar refractivity (Wildman–Crippen MR) is 98.9 cm³/mol. The second-order valence-corrected chi connectivity index (χ2v) is 6.38. The highest BCUT2D eigenvalue weighted by Gasteiger charge is 2.37. The van der Waals surface area contributed by atoms with E-state index in [9.17, 15) is 9.59 Å². The van der Waals surface area contributed by atoms with Gasteiger partial charge >= 0.3 is 0 Å². The lowest BCUT2D eigenvalue weighted by Gasteiger charge is -2.31. The van der Waals surface area contributed by atoms with E-state index in [1.165, 1.54) is 6.08 Å². The van der Waals surface area contributed by atoms with E-state index >= 15 is 0 Å². The van der Waals surface area contributed by atoms with Crippen molar-refractivity contribution in [3.8, 4) is 5.75 Å². The number of hydrogen-bond donors (Lipinski definition) is 0. The van der Waals surface area contributed by atoms with Crippen LogP contribution in [0.25, 0.3) is 6.08 Å². The summed E-state index contributed by atoms with van der Waals surface area (Å²) in [7, 11) is 1.56. The number of ether oxygens (including phenoxy) is 1. The molecule has 0 bridgehead atoms. The molecular weight excluding hydrogens is 312 g/mol. The molecule has 0 saturated heterocycles. The van der Waals surface area contributed by atoms with Crippen LogP contribution in [0.15, 0.2) is 66.3 Å². The van der Waals surface area contributed by atoms with Crippen LogP contribution in [0.2, 0.25) is 0 Å². The van der Waals surface area contributed by atoms with E-state index in [1.807, 2.05) is 44.2 Å². The lowest BCUT2D eigenvalue weighted by atomic mass is 9.70. The molecule has 0 spiro atoms. The van der Waals surface area contributed by atoms with Crippen LogP contribution >= 0.6 is 0 Å². The van der Waals surface area contributed by atoms with Crippen LogP contribution in [0, 0.1) is 0 Å². The second-order valence-electron chi connectivity index (χ2n) is 6.38. The summed E-state index contributed by atoms with van der Waals surface area (Å²) in [6.45, 7) is 3.67. The zero-order valence-corrected chi connectivity index (χ0v) is 14.6. The van der Waals surface area contributed by atoms with Gasteiger partial charge in [0, 0.05) is 5.56 Å². The topological polar surface area (TPSA) is 43.4 Å². The molecule has 0 saturated carbocycles. The van der Waals surface area contributed by atoms with Crippen molar-refractivity contribution >= 4 is 17.6 Å². The van der Waals surface area contributed by atoms with Crippen molar-refractivity contribution in [3.05, 3.63) is 82.9 Å². The van der Waals surface area contributed by atoms with Crippen molar-refractivity contribution in [2.75, 3.05) is 7.11 Å². The molecule has 0 unspecified atom stereocenters. The molecule has 3 heteroatoms. The summed E-state index contributed by atoms with van der Waals surface area (Å²) >= 11 is 0. The summed E-state index contributed by atoms with van der Waals surface area (Å²) in [6, 6.07) is 14.8. The number of ketones is 2. The highest BCUT2D eigenvalue weighted by Crippen LogP contribution is 2.37. The summed E-state index contributed by atoms with van der Waals surface area (Å²) in [4.78, 5) is 25.3. The Morgan fingerprint density at radius 3 is 2.64 bits per heavy atom. The summed E-state index contributed by atoms with van der Waals surface area (Å²) in [6.07, 6.45) is 5.10. The molecule has 0 aliphatic heterocycles. The van der Waals surface area contributed by atoms with Gasteiger partial charge in [0.2, 0.25) is 0 Å². The van der Waals surface area contributed by atoms with E-state index in [4.69, 9.17) is 4.74 Å². The molecule has 1 aliphatic rings.